The number of halogens is 2. The van der Waals surface area contributed by atoms with E-state index in [0.717, 1.165) is 21.2 Å². The van der Waals surface area contributed by atoms with Crippen LogP contribution in [0.2, 0.25) is 0 Å². The van der Waals surface area contributed by atoms with Crippen molar-refractivity contribution in [2.75, 3.05) is 6.61 Å². The molecule has 0 radical (unpaired) electrons. The van der Waals surface area contributed by atoms with Crippen LogP contribution in [0, 0.1) is 13.8 Å². The van der Waals surface area contributed by atoms with E-state index in [1.54, 1.807) is 19.9 Å². The minimum absolute atomic E-state index is 0.108. The zero-order chi connectivity index (χ0) is 26.6. The van der Waals surface area contributed by atoms with Gasteiger partial charge in [0.05, 0.1) is 24.1 Å². The molecule has 5 rings (SSSR count). The molecule has 2 aliphatic rings. The van der Waals surface area contributed by atoms with Gasteiger partial charge >= 0.3 is 18.5 Å². The highest BCUT2D eigenvalue weighted by molar-refractivity contribution is 6.64. The van der Waals surface area contributed by atoms with E-state index in [1.165, 1.54) is 15.1 Å². The van der Waals surface area contributed by atoms with Gasteiger partial charge in [0.1, 0.15) is 5.56 Å². The molecule has 0 bridgehead atoms. The highest BCUT2D eigenvalue weighted by Gasteiger charge is 2.50. The molecular weight excluding hydrogens is 475 g/mol. The molecular formula is C28H30BF2N3O3. The molecule has 0 saturated heterocycles. The largest absolute Gasteiger partial charge is 0.639 e. The Morgan fingerprint density at radius 2 is 1.81 bits per heavy atom. The molecule has 9 heteroatoms. The molecule has 2 aromatic heterocycles. The SMILES string of the molecule is CCCn1c(=O)c(C(=O)OCC)cc2c1=[N+]1C(=C(c3ccccc3)c3c(C)c(CC)c(C)n3[B-]1(F)F)C=2. The van der Waals surface area contributed by atoms with Gasteiger partial charge < -0.3 is 22.3 Å². The molecule has 37 heavy (non-hydrogen) atoms. The van der Waals surface area contributed by atoms with E-state index < -0.39 is 18.5 Å². The summed E-state index contributed by atoms with van der Waals surface area (Å²) >= 11 is 0. The van der Waals surface area contributed by atoms with Crippen LogP contribution in [0.1, 0.15) is 65.6 Å². The van der Waals surface area contributed by atoms with Crippen LogP contribution in [0.4, 0.5) is 8.63 Å². The Labute approximate surface area is 213 Å². The third-order valence-corrected chi connectivity index (χ3v) is 7.39. The Morgan fingerprint density at radius 1 is 1.11 bits per heavy atom. The summed E-state index contributed by atoms with van der Waals surface area (Å²) in [5.74, 6) is -0.751. The first-order chi connectivity index (χ1) is 17.7. The van der Waals surface area contributed by atoms with Crippen molar-refractivity contribution in [2.24, 2.45) is 0 Å². The maximum Gasteiger partial charge on any atom is 0.639 e. The highest BCUT2D eigenvalue weighted by Crippen LogP contribution is 2.41. The average molecular weight is 505 g/mol. The van der Waals surface area contributed by atoms with Crippen LogP contribution in [0.3, 0.4) is 0 Å². The Morgan fingerprint density at radius 3 is 2.43 bits per heavy atom. The van der Waals surface area contributed by atoms with Gasteiger partial charge in [-0.05, 0) is 68.1 Å². The number of allylic oxidation sites excluding steroid dienone is 1. The molecule has 6 nitrogen and oxygen atoms in total. The van der Waals surface area contributed by atoms with Gasteiger partial charge in [-0.1, -0.05) is 44.2 Å². The maximum absolute atomic E-state index is 16.7. The van der Waals surface area contributed by atoms with E-state index in [-0.39, 0.29) is 24.2 Å². The normalized spacial score (nSPS) is 15.3. The van der Waals surface area contributed by atoms with Crippen molar-refractivity contribution in [3.8, 4) is 0 Å². The summed E-state index contributed by atoms with van der Waals surface area (Å²) < 4.78 is 42.1. The number of carbonyl (C=O) groups excluding carboxylic acids is 1. The van der Waals surface area contributed by atoms with Crippen LogP contribution in [0.5, 0.6) is 0 Å². The van der Waals surface area contributed by atoms with Crippen molar-refractivity contribution < 1.29 is 18.2 Å². The Hall–Kier alpha value is -3.75. The fraction of sp³-hybridized carbons (Fsp3) is 0.321. The minimum atomic E-state index is -4.35. The molecule has 4 heterocycles. The minimum Gasteiger partial charge on any atom is -0.462 e. The van der Waals surface area contributed by atoms with Gasteiger partial charge in [0.2, 0.25) is 0 Å². The number of hydrogen-bond acceptors (Lipinski definition) is 3. The molecule has 0 atom stereocenters. The number of pyridine rings is 1. The first-order valence-corrected chi connectivity index (χ1v) is 12.8. The summed E-state index contributed by atoms with van der Waals surface area (Å²) in [6.45, 7) is 5.09. The van der Waals surface area contributed by atoms with E-state index in [2.05, 4.69) is 0 Å². The molecule has 0 saturated carbocycles. The summed E-state index contributed by atoms with van der Waals surface area (Å²) in [5.41, 5.74) is 3.89. The zero-order valence-electron chi connectivity index (χ0n) is 21.8. The standard InChI is InChI=1S/C28H30BF2N3O3/c1-6-14-32-26-20(15-22(27(32)35)28(36)37-8-3)16-23-24(19-12-10-9-11-13-19)25-17(4)21(7-2)18(5)33(25)29(30,31)34(23)26/h9-13,15-16H,6-8,14H2,1-5H3. The first kappa shape index (κ1) is 24.9. The van der Waals surface area contributed by atoms with Gasteiger partial charge in [-0.2, -0.15) is 4.57 Å². The van der Waals surface area contributed by atoms with E-state index in [1.807, 2.05) is 51.1 Å². The van der Waals surface area contributed by atoms with Gasteiger partial charge in [0.25, 0.3) is 5.49 Å². The van der Waals surface area contributed by atoms with Gasteiger partial charge in [-0.3, -0.25) is 0 Å². The fourth-order valence-electron chi connectivity index (χ4n) is 5.93. The van der Waals surface area contributed by atoms with Gasteiger partial charge in [0, 0.05) is 11.3 Å². The number of aromatic nitrogens is 2. The highest BCUT2D eigenvalue weighted by atomic mass is 19.2. The number of fused-ring (bicyclic) bond motifs is 3. The van der Waals surface area contributed by atoms with Gasteiger partial charge in [-0.25, -0.2) is 9.59 Å². The van der Waals surface area contributed by atoms with Crippen LogP contribution in [0.15, 0.2) is 46.9 Å². The smallest absolute Gasteiger partial charge is 0.462 e. The van der Waals surface area contributed by atoms with Crippen LogP contribution in [-0.2, 0) is 17.7 Å². The average Bonchev–Trinajstić information content (AvgIpc) is 3.37. The summed E-state index contributed by atoms with van der Waals surface area (Å²) in [5, 5.41) is 0.401. The Balaban J connectivity index is 2.01. The van der Waals surface area contributed by atoms with E-state index >= 15 is 8.63 Å². The summed E-state index contributed by atoms with van der Waals surface area (Å²) in [7, 11) is 0. The van der Waals surface area contributed by atoms with Crippen molar-refractivity contribution >= 4 is 24.6 Å². The molecule has 0 aliphatic carbocycles. The predicted molar refractivity (Wildman–Crippen MR) is 141 cm³/mol. The first-order valence-electron chi connectivity index (χ1n) is 12.8. The van der Waals surface area contributed by atoms with Crippen molar-refractivity contribution in [2.45, 2.75) is 54.0 Å². The third kappa shape index (κ3) is 3.47. The summed E-state index contributed by atoms with van der Waals surface area (Å²) in [6.07, 6.45) is 2.84. The van der Waals surface area contributed by atoms with Gasteiger partial charge in [0.15, 0.2) is 0 Å². The number of ether oxygens (including phenoxy) is 1. The second kappa shape index (κ2) is 8.97. The third-order valence-electron chi connectivity index (χ3n) is 7.39. The topological polar surface area (TPSA) is 56.2 Å². The molecule has 0 unspecified atom stereocenters. The fourth-order valence-corrected chi connectivity index (χ4v) is 5.93. The van der Waals surface area contributed by atoms with E-state index in [0.29, 0.717) is 40.7 Å². The number of carbonyl (C=O) groups is 1. The summed E-state index contributed by atoms with van der Waals surface area (Å²) in [6, 6.07) is 10.9. The van der Waals surface area contributed by atoms with Crippen LogP contribution in [0.25, 0.3) is 11.6 Å². The molecule has 0 amide bonds. The summed E-state index contributed by atoms with van der Waals surface area (Å²) in [4.78, 5) is 26.1. The van der Waals surface area contributed by atoms with Crippen molar-refractivity contribution in [1.29, 1.82) is 0 Å². The van der Waals surface area contributed by atoms with Crippen molar-refractivity contribution in [3.63, 3.8) is 0 Å². The second-order valence-corrected chi connectivity index (χ2v) is 9.50. The van der Waals surface area contributed by atoms with E-state index in [4.69, 9.17) is 4.74 Å². The van der Waals surface area contributed by atoms with Crippen molar-refractivity contribution in [3.05, 3.63) is 96.8 Å². The lowest BCUT2D eigenvalue weighted by Gasteiger charge is -2.36. The monoisotopic (exact) mass is 505 g/mol. The molecule has 192 valence electrons. The Bertz CT molecular complexity index is 1670. The second-order valence-electron chi connectivity index (χ2n) is 9.50. The van der Waals surface area contributed by atoms with Crippen LogP contribution in [-0.4, -0.2) is 28.6 Å². The quantitative estimate of drug-likeness (QED) is 0.381. The number of nitrogens with zero attached hydrogens (tertiary/aromatic N) is 3. The van der Waals surface area contributed by atoms with Crippen LogP contribution < -0.4 is 20.8 Å². The molecule has 1 aromatic carbocycles. The Kier molecular flexibility index (Phi) is 6.05. The lowest BCUT2D eigenvalue weighted by Crippen LogP contribution is -2.61. The number of esters is 1. The lowest BCUT2D eigenvalue weighted by atomic mass is 9.85. The van der Waals surface area contributed by atoms with Crippen LogP contribution >= 0.6 is 0 Å². The molecule has 0 N–H and O–H groups in total. The predicted octanol–water partition coefficient (Wildman–Crippen LogP) is 3.40. The number of benzene rings is 1. The lowest BCUT2D eigenvalue weighted by molar-refractivity contribution is 0.0523. The zero-order valence-corrected chi connectivity index (χ0v) is 21.8. The molecule has 3 aromatic rings. The van der Waals surface area contributed by atoms with Crippen molar-refractivity contribution in [1.82, 2.24) is 13.5 Å². The number of rotatable bonds is 6. The molecule has 0 fully saturated rings. The van der Waals surface area contributed by atoms with E-state index in [9.17, 15) is 9.59 Å². The maximum atomic E-state index is 16.7. The number of hydrogen-bond donors (Lipinski definition) is 0. The molecule has 2 aliphatic heterocycles. The van der Waals surface area contributed by atoms with Gasteiger partial charge in [-0.15, -0.1) is 0 Å². The molecule has 0 spiro atoms.